The normalized spacial score (nSPS) is 7.85. The standard InChI is InChI=1S/C9H11P.CH4O.ClH/c1-2-8-3-5-9(7-10)6-4-8;1-2;/h2-6H,1,7,10H2;2H,1H3;1H. The fraction of sp³-hybridized carbons (Fsp3) is 0.200. The van der Waals surface area contributed by atoms with Crippen LogP contribution in [0.3, 0.4) is 0 Å². The van der Waals surface area contributed by atoms with Crippen molar-refractivity contribution < 1.29 is 17.5 Å². The summed E-state index contributed by atoms with van der Waals surface area (Å²) >= 11 is 0. The Labute approximate surface area is 88.5 Å². The lowest BCUT2D eigenvalue weighted by molar-refractivity contribution is -0.00000317. The maximum atomic E-state index is 7.00. The van der Waals surface area contributed by atoms with Crippen LogP contribution in [0, 0.1) is 0 Å². The van der Waals surface area contributed by atoms with Crippen molar-refractivity contribution in [1.82, 2.24) is 0 Å². The van der Waals surface area contributed by atoms with Gasteiger partial charge < -0.3 is 17.5 Å². The van der Waals surface area contributed by atoms with Gasteiger partial charge in [-0.25, -0.2) is 0 Å². The molecule has 0 fully saturated rings. The number of halogens is 1. The molecule has 0 aliphatic rings. The lowest BCUT2D eigenvalue weighted by Gasteiger charge is -1.93. The summed E-state index contributed by atoms with van der Waals surface area (Å²) in [6.45, 7) is 3.69. The molecule has 1 atom stereocenters. The van der Waals surface area contributed by atoms with Gasteiger partial charge in [-0.3, -0.25) is 0 Å². The SMILES string of the molecule is C=Cc1ccc(C[PH3+])cc1.CO.[Cl-]. The third-order valence-corrected chi connectivity index (χ3v) is 2.08. The van der Waals surface area contributed by atoms with Crippen molar-refractivity contribution in [3.63, 3.8) is 0 Å². The first-order valence-corrected chi connectivity index (χ1v) is 4.82. The molecular weight excluding hydrogens is 203 g/mol. The second-order valence-corrected chi connectivity index (χ2v) is 2.70. The molecule has 13 heavy (non-hydrogen) atoms. The molecule has 74 valence electrons. The summed E-state index contributed by atoms with van der Waals surface area (Å²) in [5.41, 5.74) is 2.59. The monoisotopic (exact) mass is 218 g/mol. The first-order valence-electron chi connectivity index (χ1n) is 3.82. The second-order valence-electron chi connectivity index (χ2n) is 2.20. The Morgan fingerprint density at radius 3 is 2.08 bits per heavy atom. The zero-order valence-corrected chi connectivity index (χ0v) is 10.0. The third kappa shape index (κ3) is 5.81. The number of benzene rings is 1. The Kier molecular flexibility index (Phi) is 11.3. The van der Waals surface area contributed by atoms with Gasteiger partial charge in [0.1, 0.15) is 0 Å². The molecule has 0 bridgehead atoms. The molecule has 1 unspecified atom stereocenters. The van der Waals surface area contributed by atoms with Crippen LogP contribution >= 0.6 is 9.24 Å². The van der Waals surface area contributed by atoms with Gasteiger partial charge in [0.15, 0.2) is 0 Å². The summed E-state index contributed by atoms with van der Waals surface area (Å²) in [7, 11) is 2.97. The summed E-state index contributed by atoms with van der Waals surface area (Å²) in [5, 5.41) is 7.00. The maximum absolute atomic E-state index is 7.00. The summed E-state index contributed by atoms with van der Waals surface area (Å²) < 4.78 is 0. The second kappa shape index (κ2) is 9.73. The molecule has 0 aliphatic carbocycles. The molecular formula is C10H16ClOP. The Balaban J connectivity index is 0. The van der Waals surface area contributed by atoms with E-state index in [9.17, 15) is 0 Å². The molecule has 1 aromatic rings. The highest BCUT2D eigenvalue weighted by Gasteiger charge is 1.88. The number of hydrogen-bond donors (Lipinski definition) is 1. The van der Waals surface area contributed by atoms with E-state index in [1.54, 1.807) is 0 Å². The van der Waals surface area contributed by atoms with Gasteiger partial charge in [0, 0.05) is 7.11 Å². The van der Waals surface area contributed by atoms with Gasteiger partial charge in [-0.1, -0.05) is 36.9 Å². The predicted molar refractivity (Wildman–Crippen MR) is 59.5 cm³/mol. The largest absolute Gasteiger partial charge is 1.00 e. The molecule has 0 heterocycles. The van der Waals surface area contributed by atoms with Crippen LogP contribution in [0.4, 0.5) is 0 Å². The minimum atomic E-state index is 0. The molecule has 0 radical (unpaired) electrons. The van der Waals surface area contributed by atoms with Crippen LogP contribution in [0.15, 0.2) is 30.8 Å². The Morgan fingerprint density at radius 1 is 1.31 bits per heavy atom. The fourth-order valence-corrected chi connectivity index (χ4v) is 1.15. The van der Waals surface area contributed by atoms with E-state index in [0.717, 1.165) is 13.3 Å². The molecule has 1 N–H and O–H groups in total. The van der Waals surface area contributed by atoms with Crippen molar-refractivity contribution in [1.29, 1.82) is 0 Å². The maximum Gasteiger partial charge on any atom is 0.0774 e. The lowest BCUT2D eigenvalue weighted by Crippen LogP contribution is -3.00. The van der Waals surface area contributed by atoms with E-state index >= 15 is 0 Å². The first-order chi connectivity index (χ1) is 5.86. The minimum Gasteiger partial charge on any atom is -1.00 e. The summed E-state index contributed by atoms with van der Waals surface area (Å²) in [5.74, 6) is 0. The van der Waals surface area contributed by atoms with E-state index in [2.05, 4.69) is 30.8 Å². The molecule has 0 amide bonds. The van der Waals surface area contributed by atoms with Crippen LogP contribution in [-0.4, -0.2) is 12.2 Å². The van der Waals surface area contributed by atoms with Crippen LogP contribution in [0.1, 0.15) is 11.1 Å². The van der Waals surface area contributed by atoms with E-state index in [1.165, 1.54) is 11.1 Å². The molecule has 0 spiro atoms. The van der Waals surface area contributed by atoms with Gasteiger partial charge >= 0.3 is 0 Å². The van der Waals surface area contributed by atoms with Gasteiger partial charge in [-0.15, -0.1) is 0 Å². The average molecular weight is 219 g/mol. The highest BCUT2D eigenvalue weighted by Crippen LogP contribution is 2.08. The molecule has 0 aromatic heterocycles. The van der Waals surface area contributed by atoms with Crippen molar-refractivity contribution in [2.75, 3.05) is 7.11 Å². The van der Waals surface area contributed by atoms with E-state index in [0.29, 0.717) is 0 Å². The molecule has 3 heteroatoms. The van der Waals surface area contributed by atoms with Crippen molar-refractivity contribution in [3.05, 3.63) is 42.0 Å². The number of hydrogen-bond acceptors (Lipinski definition) is 1. The zero-order chi connectivity index (χ0) is 9.40. The van der Waals surface area contributed by atoms with Gasteiger partial charge in [0.2, 0.25) is 0 Å². The Morgan fingerprint density at radius 2 is 1.77 bits per heavy atom. The minimum absolute atomic E-state index is 0. The smallest absolute Gasteiger partial charge is 0.0774 e. The van der Waals surface area contributed by atoms with Crippen molar-refractivity contribution in [2.24, 2.45) is 0 Å². The Hall–Kier alpha value is -0.360. The highest BCUT2D eigenvalue weighted by atomic mass is 35.5. The van der Waals surface area contributed by atoms with Gasteiger partial charge in [-0.2, -0.15) is 0 Å². The highest BCUT2D eigenvalue weighted by molar-refractivity contribution is 7.15. The molecule has 1 rings (SSSR count). The van der Waals surface area contributed by atoms with Crippen LogP contribution in [0.5, 0.6) is 0 Å². The zero-order valence-electron chi connectivity index (χ0n) is 7.83. The molecule has 0 saturated heterocycles. The van der Waals surface area contributed by atoms with Crippen LogP contribution in [0.25, 0.3) is 6.08 Å². The summed E-state index contributed by atoms with van der Waals surface area (Å²) in [6, 6.07) is 8.47. The number of aliphatic hydroxyl groups is 1. The predicted octanol–water partition coefficient (Wildman–Crippen LogP) is -0.951. The van der Waals surface area contributed by atoms with Gasteiger partial charge in [-0.05, 0) is 20.4 Å². The lowest BCUT2D eigenvalue weighted by atomic mass is 10.1. The number of rotatable bonds is 2. The van der Waals surface area contributed by atoms with Crippen LogP contribution in [-0.2, 0) is 6.16 Å². The van der Waals surface area contributed by atoms with E-state index in [1.807, 2.05) is 15.3 Å². The van der Waals surface area contributed by atoms with E-state index in [4.69, 9.17) is 5.11 Å². The van der Waals surface area contributed by atoms with E-state index < -0.39 is 0 Å². The van der Waals surface area contributed by atoms with Gasteiger partial charge in [0.25, 0.3) is 0 Å². The van der Waals surface area contributed by atoms with Crippen molar-refractivity contribution in [3.8, 4) is 0 Å². The fourth-order valence-electron chi connectivity index (χ4n) is 0.820. The number of aliphatic hydroxyl groups excluding tert-OH is 1. The van der Waals surface area contributed by atoms with Crippen molar-refractivity contribution in [2.45, 2.75) is 6.16 Å². The Bertz CT molecular complexity index is 221. The van der Waals surface area contributed by atoms with Crippen LogP contribution < -0.4 is 12.4 Å². The molecule has 0 saturated carbocycles. The van der Waals surface area contributed by atoms with Gasteiger partial charge in [0.05, 0.1) is 6.16 Å². The summed E-state index contributed by atoms with van der Waals surface area (Å²) in [4.78, 5) is 0. The quantitative estimate of drug-likeness (QED) is 0.635. The summed E-state index contributed by atoms with van der Waals surface area (Å²) in [6.07, 6.45) is 3.00. The first kappa shape index (κ1) is 15.1. The average Bonchev–Trinajstić information content (AvgIpc) is 2.21. The van der Waals surface area contributed by atoms with Crippen molar-refractivity contribution >= 4 is 15.3 Å². The van der Waals surface area contributed by atoms with Crippen LogP contribution in [0.2, 0.25) is 0 Å². The molecule has 0 aliphatic heterocycles. The molecule has 1 aromatic carbocycles. The third-order valence-electron chi connectivity index (χ3n) is 1.50. The van der Waals surface area contributed by atoms with E-state index in [-0.39, 0.29) is 12.4 Å². The molecule has 1 nitrogen and oxygen atoms in total. The topological polar surface area (TPSA) is 20.2 Å².